The fourth-order valence-corrected chi connectivity index (χ4v) is 2.50. The molecule has 0 saturated carbocycles. The maximum atomic E-state index is 11.2. The molecular formula is C17H14O4. The molecule has 4 heteroatoms. The molecule has 3 rings (SSSR count). The summed E-state index contributed by atoms with van der Waals surface area (Å²) < 4.78 is 5.78. The molecule has 0 atom stereocenters. The van der Waals surface area contributed by atoms with Crippen molar-refractivity contribution in [2.75, 3.05) is 0 Å². The van der Waals surface area contributed by atoms with Gasteiger partial charge < -0.3 is 14.9 Å². The van der Waals surface area contributed by atoms with E-state index in [4.69, 9.17) is 9.84 Å². The molecule has 0 aromatic heterocycles. The second-order valence-electron chi connectivity index (χ2n) is 4.83. The summed E-state index contributed by atoms with van der Waals surface area (Å²) in [4.78, 5) is 11.2. The molecule has 0 unspecified atom stereocenters. The van der Waals surface area contributed by atoms with Crippen LogP contribution < -0.4 is 4.74 Å². The van der Waals surface area contributed by atoms with E-state index in [1.807, 2.05) is 24.3 Å². The van der Waals surface area contributed by atoms with Crippen LogP contribution in [-0.2, 0) is 18.0 Å². The van der Waals surface area contributed by atoms with Gasteiger partial charge in [0.15, 0.2) is 0 Å². The monoisotopic (exact) mass is 282 g/mol. The third-order valence-electron chi connectivity index (χ3n) is 3.48. The van der Waals surface area contributed by atoms with Crippen molar-refractivity contribution < 1.29 is 19.7 Å². The number of hydrogen-bond acceptors (Lipinski definition) is 3. The van der Waals surface area contributed by atoms with E-state index in [-0.39, 0.29) is 6.61 Å². The van der Waals surface area contributed by atoms with Crippen LogP contribution in [0.15, 0.2) is 48.5 Å². The average Bonchev–Trinajstić information content (AvgIpc) is 2.64. The van der Waals surface area contributed by atoms with Crippen LogP contribution in [0.25, 0.3) is 5.57 Å². The van der Waals surface area contributed by atoms with E-state index < -0.39 is 5.97 Å². The number of fused-ring (bicyclic) bond motifs is 2. The van der Waals surface area contributed by atoms with Gasteiger partial charge in [-0.05, 0) is 22.8 Å². The third kappa shape index (κ3) is 2.53. The van der Waals surface area contributed by atoms with E-state index in [0.29, 0.717) is 17.9 Å². The minimum Gasteiger partial charge on any atom is -0.488 e. The number of carbonyl (C=O) groups is 1. The zero-order valence-electron chi connectivity index (χ0n) is 11.2. The molecule has 2 aromatic carbocycles. The van der Waals surface area contributed by atoms with E-state index in [2.05, 4.69) is 0 Å². The first-order valence-electron chi connectivity index (χ1n) is 6.59. The van der Waals surface area contributed by atoms with Gasteiger partial charge in [0.05, 0.1) is 6.61 Å². The van der Waals surface area contributed by atoms with Gasteiger partial charge in [-0.3, -0.25) is 0 Å². The Bertz CT molecular complexity index is 731. The van der Waals surface area contributed by atoms with Crippen LogP contribution in [0.5, 0.6) is 5.75 Å². The van der Waals surface area contributed by atoms with Gasteiger partial charge in [-0.25, -0.2) is 4.79 Å². The van der Waals surface area contributed by atoms with Crippen LogP contribution in [0.1, 0.15) is 22.3 Å². The fraction of sp³-hybridized carbons (Fsp3) is 0.118. The normalized spacial score (nSPS) is 14.8. The van der Waals surface area contributed by atoms with Crippen molar-refractivity contribution in [2.45, 2.75) is 13.2 Å². The van der Waals surface area contributed by atoms with Crippen LogP contribution in [0.3, 0.4) is 0 Å². The second kappa shape index (κ2) is 5.42. The Hall–Kier alpha value is -2.59. The van der Waals surface area contributed by atoms with Crippen LogP contribution in [0.2, 0.25) is 0 Å². The highest BCUT2D eigenvalue weighted by atomic mass is 16.5. The van der Waals surface area contributed by atoms with Gasteiger partial charge in [0.25, 0.3) is 0 Å². The molecule has 106 valence electrons. The van der Waals surface area contributed by atoms with E-state index >= 15 is 0 Å². The molecule has 0 saturated heterocycles. The van der Waals surface area contributed by atoms with Crippen molar-refractivity contribution >= 4 is 11.5 Å². The van der Waals surface area contributed by atoms with Crippen molar-refractivity contribution in [3.8, 4) is 5.75 Å². The largest absolute Gasteiger partial charge is 0.488 e. The molecule has 0 amide bonds. The second-order valence-corrected chi connectivity index (χ2v) is 4.83. The Morgan fingerprint density at radius 3 is 2.76 bits per heavy atom. The highest BCUT2D eigenvalue weighted by Crippen LogP contribution is 2.37. The van der Waals surface area contributed by atoms with Gasteiger partial charge in [0, 0.05) is 17.2 Å². The number of ether oxygens (including phenoxy) is 1. The lowest BCUT2D eigenvalue weighted by Gasteiger charge is -2.10. The Morgan fingerprint density at radius 2 is 2.00 bits per heavy atom. The molecule has 21 heavy (non-hydrogen) atoms. The van der Waals surface area contributed by atoms with Gasteiger partial charge in [0.1, 0.15) is 12.4 Å². The third-order valence-corrected chi connectivity index (χ3v) is 3.48. The van der Waals surface area contributed by atoms with Gasteiger partial charge >= 0.3 is 5.97 Å². The Balaban J connectivity index is 2.24. The summed E-state index contributed by atoms with van der Waals surface area (Å²) in [6.45, 7) is 0.288. The van der Waals surface area contributed by atoms with Crippen molar-refractivity contribution in [1.82, 2.24) is 0 Å². The van der Waals surface area contributed by atoms with Gasteiger partial charge in [-0.2, -0.15) is 0 Å². The maximum absolute atomic E-state index is 11.2. The van der Waals surface area contributed by atoms with E-state index in [1.165, 1.54) is 6.08 Å². The molecular weight excluding hydrogens is 268 g/mol. The lowest BCUT2D eigenvalue weighted by atomic mass is 9.93. The van der Waals surface area contributed by atoms with Crippen molar-refractivity contribution in [3.05, 3.63) is 70.8 Å². The minimum absolute atomic E-state index is 0.0818. The lowest BCUT2D eigenvalue weighted by molar-refractivity contribution is -0.131. The standard InChI is InChI=1S/C17H14O4/c18-9-11-5-6-14-15(8-17(19)20)13-4-2-1-3-12(13)10-21-16(14)7-11/h1-8,18H,9-10H2,(H,19,20). The van der Waals surface area contributed by atoms with Gasteiger partial charge in [-0.15, -0.1) is 0 Å². The number of benzene rings is 2. The zero-order chi connectivity index (χ0) is 14.8. The summed E-state index contributed by atoms with van der Waals surface area (Å²) in [6, 6.07) is 12.9. The number of rotatable bonds is 2. The molecule has 0 aliphatic carbocycles. The fourth-order valence-electron chi connectivity index (χ4n) is 2.50. The van der Waals surface area contributed by atoms with Crippen LogP contribution in [-0.4, -0.2) is 16.2 Å². The lowest BCUT2D eigenvalue weighted by Crippen LogP contribution is -1.96. The summed E-state index contributed by atoms with van der Waals surface area (Å²) in [5, 5.41) is 18.4. The number of aliphatic hydroxyl groups excluding tert-OH is 1. The molecule has 0 fully saturated rings. The first-order chi connectivity index (χ1) is 10.2. The topological polar surface area (TPSA) is 66.8 Å². The average molecular weight is 282 g/mol. The van der Waals surface area contributed by atoms with Crippen LogP contribution in [0.4, 0.5) is 0 Å². The molecule has 1 heterocycles. The van der Waals surface area contributed by atoms with E-state index in [0.717, 1.165) is 22.3 Å². The molecule has 0 radical (unpaired) electrons. The van der Waals surface area contributed by atoms with Crippen LogP contribution in [0, 0.1) is 0 Å². The summed E-state index contributed by atoms with van der Waals surface area (Å²) in [5.74, 6) is -0.413. The van der Waals surface area contributed by atoms with Crippen molar-refractivity contribution in [2.24, 2.45) is 0 Å². The van der Waals surface area contributed by atoms with Gasteiger partial charge in [0.2, 0.25) is 0 Å². The molecule has 0 spiro atoms. The summed E-state index contributed by atoms with van der Waals surface area (Å²) >= 11 is 0. The molecule has 1 aliphatic heterocycles. The minimum atomic E-state index is -1.00. The van der Waals surface area contributed by atoms with E-state index in [1.54, 1.807) is 18.2 Å². The number of carboxylic acids is 1. The number of hydrogen-bond donors (Lipinski definition) is 2. The molecule has 2 aromatic rings. The molecule has 0 bridgehead atoms. The SMILES string of the molecule is O=C(O)C=C1c2ccccc2COc2cc(CO)ccc21. The molecule has 4 nitrogen and oxygen atoms in total. The predicted molar refractivity (Wildman–Crippen MR) is 77.9 cm³/mol. The van der Waals surface area contributed by atoms with Gasteiger partial charge in [-0.1, -0.05) is 36.4 Å². The Morgan fingerprint density at radius 1 is 1.19 bits per heavy atom. The summed E-state index contributed by atoms with van der Waals surface area (Å²) in [5.41, 5.74) is 3.87. The Kier molecular flexibility index (Phi) is 3.46. The summed E-state index contributed by atoms with van der Waals surface area (Å²) in [6.07, 6.45) is 1.20. The smallest absolute Gasteiger partial charge is 0.328 e. The molecule has 2 N–H and O–H groups in total. The number of aliphatic hydroxyl groups is 1. The molecule has 1 aliphatic rings. The number of carboxylic acid groups (broad SMARTS) is 1. The van der Waals surface area contributed by atoms with E-state index in [9.17, 15) is 9.90 Å². The maximum Gasteiger partial charge on any atom is 0.328 e. The van der Waals surface area contributed by atoms with Crippen molar-refractivity contribution in [1.29, 1.82) is 0 Å². The highest BCUT2D eigenvalue weighted by Gasteiger charge is 2.20. The zero-order valence-corrected chi connectivity index (χ0v) is 11.2. The Labute approximate surface area is 121 Å². The summed E-state index contributed by atoms with van der Waals surface area (Å²) in [7, 11) is 0. The van der Waals surface area contributed by atoms with Crippen molar-refractivity contribution in [3.63, 3.8) is 0 Å². The number of aliphatic carboxylic acids is 1. The first-order valence-corrected chi connectivity index (χ1v) is 6.59. The highest BCUT2D eigenvalue weighted by molar-refractivity contribution is 5.97. The first kappa shape index (κ1) is 13.4. The van der Waals surface area contributed by atoms with Crippen LogP contribution >= 0.6 is 0 Å². The predicted octanol–water partition coefficient (Wildman–Crippen LogP) is 2.59. The quantitative estimate of drug-likeness (QED) is 0.831.